The van der Waals surface area contributed by atoms with Gasteiger partial charge in [0.1, 0.15) is 0 Å². The van der Waals surface area contributed by atoms with Gasteiger partial charge in [-0.15, -0.1) is 11.3 Å². The Morgan fingerprint density at radius 1 is 1.20 bits per heavy atom. The summed E-state index contributed by atoms with van der Waals surface area (Å²) in [5.41, 5.74) is 0.651. The van der Waals surface area contributed by atoms with Crippen molar-refractivity contribution in [3.05, 3.63) is 21.9 Å². The van der Waals surface area contributed by atoms with E-state index < -0.39 is 0 Å². The number of rotatable bonds is 4. The fraction of sp³-hybridized carbons (Fsp3) is 0.706. The Bertz CT molecular complexity index is 463. The molecule has 20 heavy (non-hydrogen) atoms. The van der Waals surface area contributed by atoms with Crippen molar-refractivity contribution in [1.29, 1.82) is 0 Å². The predicted octanol–water partition coefficient (Wildman–Crippen LogP) is 4.15. The first-order valence-electron chi connectivity index (χ1n) is 8.05. The molecule has 2 heterocycles. The number of aryl methyl sites for hydroxylation is 1. The number of thiophene rings is 1. The lowest BCUT2D eigenvalue weighted by molar-refractivity contribution is 0.0800. The molecule has 1 spiro atoms. The van der Waals surface area contributed by atoms with E-state index in [0.717, 1.165) is 24.4 Å². The summed E-state index contributed by atoms with van der Waals surface area (Å²) in [6.07, 6.45) is 9.36. The van der Waals surface area contributed by atoms with Crippen LogP contribution in [-0.2, 0) is 6.42 Å². The summed E-state index contributed by atoms with van der Waals surface area (Å²) < 4.78 is 0. The molecule has 1 aromatic heterocycles. The van der Waals surface area contributed by atoms with Crippen LogP contribution >= 0.6 is 11.3 Å². The molecule has 2 aliphatic rings. The molecular weight excluding hydrogens is 266 g/mol. The third-order valence-corrected chi connectivity index (χ3v) is 6.50. The number of likely N-dealkylation sites (tertiary alicyclic amines) is 1. The maximum atomic E-state index is 12.3. The van der Waals surface area contributed by atoms with Crippen molar-refractivity contribution in [3.63, 3.8) is 0 Å². The zero-order valence-electron chi connectivity index (χ0n) is 12.5. The number of carbonyl (C=O) groups is 1. The Labute approximate surface area is 126 Å². The van der Waals surface area contributed by atoms with Crippen LogP contribution in [0.1, 0.15) is 60.0 Å². The first-order valence-corrected chi connectivity index (χ1v) is 8.87. The van der Waals surface area contributed by atoms with Crippen molar-refractivity contribution < 1.29 is 4.79 Å². The second kappa shape index (κ2) is 5.98. The van der Waals surface area contributed by atoms with Gasteiger partial charge in [-0.2, -0.15) is 0 Å². The van der Waals surface area contributed by atoms with Crippen LogP contribution in [0.15, 0.2) is 12.1 Å². The molecule has 1 aromatic rings. The lowest BCUT2D eigenvalue weighted by Crippen LogP contribution is -2.41. The van der Waals surface area contributed by atoms with Gasteiger partial charge in [0.15, 0.2) is 5.78 Å². The van der Waals surface area contributed by atoms with Crippen LogP contribution in [0, 0.1) is 5.41 Å². The van der Waals surface area contributed by atoms with Gasteiger partial charge in [0.2, 0.25) is 0 Å². The topological polar surface area (TPSA) is 20.3 Å². The minimum Gasteiger partial charge on any atom is -0.296 e. The maximum absolute atomic E-state index is 12.3. The average molecular weight is 291 g/mol. The van der Waals surface area contributed by atoms with Crippen molar-refractivity contribution in [2.24, 2.45) is 5.41 Å². The molecule has 0 radical (unpaired) electrons. The molecule has 0 atom stereocenters. The number of piperidine rings is 1. The Morgan fingerprint density at radius 2 is 1.90 bits per heavy atom. The van der Waals surface area contributed by atoms with Gasteiger partial charge < -0.3 is 0 Å². The first kappa shape index (κ1) is 14.3. The summed E-state index contributed by atoms with van der Waals surface area (Å²) in [4.78, 5) is 17.0. The van der Waals surface area contributed by atoms with E-state index in [2.05, 4.69) is 17.9 Å². The molecule has 0 aromatic carbocycles. The van der Waals surface area contributed by atoms with E-state index in [-0.39, 0.29) is 0 Å². The lowest BCUT2D eigenvalue weighted by atomic mass is 9.77. The normalized spacial score (nSPS) is 22.4. The molecule has 1 aliphatic heterocycles. The van der Waals surface area contributed by atoms with Crippen molar-refractivity contribution in [2.75, 3.05) is 19.6 Å². The van der Waals surface area contributed by atoms with E-state index in [9.17, 15) is 4.79 Å². The molecule has 2 nitrogen and oxygen atoms in total. The summed E-state index contributed by atoms with van der Waals surface area (Å²) in [6, 6.07) is 4.11. The van der Waals surface area contributed by atoms with Crippen LogP contribution in [0.2, 0.25) is 0 Å². The molecule has 0 amide bonds. The zero-order chi connectivity index (χ0) is 14.0. The van der Waals surface area contributed by atoms with Crippen molar-refractivity contribution in [1.82, 2.24) is 4.90 Å². The quantitative estimate of drug-likeness (QED) is 0.777. The molecule has 3 heteroatoms. The van der Waals surface area contributed by atoms with Crippen LogP contribution in [0.4, 0.5) is 0 Å². The summed E-state index contributed by atoms with van der Waals surface area (Å²) in [5.74, 6) is 0.317. The smallest absolute Gasteiger partial charge is 0.186 e. The Morgan fingerprint density at radius 3 is 2.50 bits per heavy atom. The lowest BCUT2D eigenvalue weighted by Gasteiger charge is -2.39. The number of hydrogen-bond acceptors (Lipinski definition) is 3. The Kier molecular flexibility index (Phi) is 4.27. The minimum absolute atomic E-state index is 0.317. The fourth-order valence-electron chi connectivity index (χ4n) is 3.81. The summed E-state index contributed by atoms with van der Waals surface area (Å²) in [7, 11) is 0. The summed E-state index contributed by atoms with van der Waals surface area (Å²) in [6.45, 7) is 5.01. The highest BCUT2D eigenvalue weighted by Gasteiger charge is 2.37. The highest BCUT2D eigenvalue weighted by atomic mass is 32.1. The van der Waals surface area contributed by atoms with Gasteiger partial charge in [-0.25, -0.2) is 0 Å². The summed E-state index contributed by atoms with van der Waals surface area (Å²) in [5, 5.41) is 0. The van der Waals surface area contributed by atoms with Gasteiger partial charge in [-0.05, 0) is 62.7 Å². The number of Topliss-reactive ketones (excluding diaryl/α,β-unsaturated/α-hetero) is 1. The summed E-state index contributed by atoms with van der Waals surface area (Å²) >= 11 is 1.67. The van der Waals surface area contributed by atoms with E-state index in [0.29, 0.717) is 17.7 Å². The second-order valence-electron chi connectivity index (χ2n) is 6.53. The Hall–Kier alpha value is -0.670. The zero-order valence-corrected chi connectivity index (χ0v) is 13.3. The molecule has 2 fully saturated rings. The van der Waals surface area contributed by atoms with E-state index in [1.54, 1.807) is 11.3 Å². The molecule has 0 N–H and O–H groups in total. The van der Waals surface area contributed by atoms with Gasteiger partial charge in [0.05, 0.1) is 11.4 Å². The van der Waals surface area contributed by atoms with Crippen molar-refractivity contribution >= 4 is 17.1 Å². The van der Waals surface area contributed by atoms with Crippen LogP contribution in [0.5, 0.6) is 0 Å². The molecule has 0 unspecified atom stereocenters. The second-order valence-corrected chi connectivity index (χ2v) is 7.69. The molecule has 1 aliphatic carbocycles. The minimum atomic E-state index is 0.317. The number of hydrogen-bond donors (Lipinski definition) is 0. The molecule has 110 valence electrons. The predicted molar refractivity (Wildman–Crippen MR) is 84.6 cm³/mol. The largest absolute Gasteiger partial charge is 0.296 e. The SMILES string of the molecule is CCc1ccc(C(=O)CN2CCC3(CCCC3)CC2)s1. The van der Waals surface area contributed by atoms with E-state index >= 15 is 0 Å². The first-order chi connectivity index (χ1) is 9.71. The van der Waals surface area contributed by atoms with E-state index in [4.69, 9.17) is 0 Å². The molecule has 0 bridgehead atoms. The third-order valence-electron chi connectivity index (χ3n) is 5.23. The maximum Gasteiger partial charge on any atom is 0.186 e. The van der Waals surface area contributed by atoms with Gasteiger partial charge in [-0.1, -0.05) is 19.8 Å². The van der Waals surface area contributed by atoms with Gasteiger partial charge >= 0.3 is 0 Å². The molecule has 1 saturated heterocycles. The van der Waals surface area contributed by atoms with Crippen LogP contribution < -0.4 is 0 Å². The fourth-order valence-corrected chi connectivity index (χ4v) is 4.69. The van der Waals surface area contributed by atoms with Gasteiger partial charge in [0.25, 0.3) is 0 Å². The third kappa shape index (κ3) is 2.99. The van der Waals surface area contributed by atoms with Crippen molar-refractivity contribution in [2.45, 2.75) is 51.9 Å². The molecular formula is C17H25NOS. The monoisotopic (exact) mass is 291 g/mol. The van der Waals surface area contributed by atoms with Crippen LogP contribution in [-0.4, -0.2) is 30.3 Å². The molecule has 1 saturated carbocycles. The number of ketones is 1. The highest BCUT2D eigenvalue weighted by Crippen LogP contribution is 2.46. The standard InChI is InChI=1S/C17H25NOS/c1-2-14-5-6-16(20-14)15(19)13-18-11-9-17(10-12-18)7-3-4-8-17/h5-6H,2-4,7-13H2,1H3. The van der Waals surface area contributed by atoms with Crippen molar-refractivity contribution in [3.8, 4) is 0 Å². The van der Waals surface area contributed by atoms with Gasteiger partial charge in [-0.3, -0.25) is 9.69 Å². The van der Waals surface area contributed by atoms with Crippen LogP contribution in [0.25, 0.3) is 0 Å². The number of carbonyl (C=O) groups excluding carboxylic acids is 1. The highest BCUT2D eigenvalue weighted by molar-refractivity contribution is 7.14. The number of nitrogens with zero attached hydrogens (tertiary/aromatic N) is 1. The molecule has 3 rings (SSSR count). The van der Waals surface area contributed by atoms with E-state index in [1.807, 2.05) is 6.07 Å². The van der Waals surface area contributed by atoms with Crippen LogP contribution in [0.3, 0.4) is 0 Å². The van der Waals surface area contributed by atoms with E-state index in [1.165, 1.54) is 43.4 Å². The van der Waals surface area contributed by atoms with Gasteiger partial charge in [0, 0.05) is 4.88 Å². The average Bonchev–Trinajstić information content (AvgIpc) is 3.11. The Balaban J connectivity index is 1.52.